The molecule has 21 heavy (non-hydrogen) atoms. The Labute approximate surface area is 123 Å². The van der Waals surface area contributed by atoms with E-state index in [0.29, 0.717) is 23.5 Å². The van der Waals surface area contributed by atoms with Crippen LogP contribution in [0.2, 0.25) is 0 Å². The van der Waals surface area contributed by atoms with Gasteiger partial charge in [0.25, 0.3) is 5.91 Å². The van der Waals surface area contributed by atoms with Crippen molar-refractivity contribution in [1.29, 1.82) is 0 Å². The molecular weight excluding hydrogens is 266 g/mol. The lowest BCUT2D eigenvalue weighted by atomic mass is 10.1. The Hall–Kier alpha value is -2.66. The van der Waals surface area contributed by atoms with Crippen molar-refractivity contribution in [3.05, 3.63) is 59.7 Å². The minimum atomic E-state index is -0.197. The molecule has 5 nitrogen and oxygen atoms in total. The number of hydrogen-bond acceptors (Lipinski definition) is 3. The zero-order valence-corrected chi connectivity index (χ0v) is 11.7. The van der Waals surface area contributed by atoms with Gasteiger partial charge in [-0.15, -0.1) is 0 Å². The van der Waals surface area contributed by atoms with Gasteiger partial charge in [0, 0.05) is 30.4 Å². The average Bonchev–Trinajstić information content (AvgIpc) is 2.49. The SMILES string of the molecule is CC(=O)Nc1ccc(NC(=O)c2cccc(CN)c2)cc1. The number of carbonyl (C=O) groups excluding carboxylic acids is 2. The zero-order valence-electron chi connectivity index (χ0n) is 11.7. The van der Waals surface area contributed by atoms with Crippen molar-refractivity contribution in [1.82, 2.24) is 0 Å². The molecule has 2 rings (SSSR count). The number of hydrogen-bond donors (Lipinski definition) is 3. The Kier molecular flexibility index (Phi) is 4.68. The Bertz CT molecular complexity index is 651. The Balaban J connectivity index is 2.06. The quantitative estimate of drug-likeness (QED) is 0.805. The third-order valence-corrected chi connectivity index (χ3v) is 2.89. The second-order valence-electron chi connectivity index (χ2n) is 4.62. The first-order chi connectivity index (χ1) is 10.1. The van der Waals surface area contributed by atoms with E-state index in [0.717, 1.165) is 5.56 Å². The highest BCUT2D eigenvalue weighted by molar-refractivity contribution is 6.04. The first-order valence-electron chi connectivity index (χ1n) is 6.56. The summed E-state index contributed by atoms with van der Waals surface area (Å²) in [5, 5.41) is 5.46. The third-order valence-electron chi connectivity index (χ3n) is 2.89. The summed E-state index contributed by atoms with van der Waals surface area (Å²) in [6, 6.07) is 14.1. The van der Waals surface area contributed by atoms with E-state index < -0.39 is 0 Å². The summed E-state index contributed by atoms with van der Waals surface area (Å²) in [5.74, 6) is -0.331. The lowest BCUT2D eigenvalue weighted by Gasteiger charge is -2.08. The molecule has 0 aliphatic heterocycles. The Morgan fingerprint density at radius 3 is 2.19 bits per heavy atom. The van der Waals surface area contributed by atoms with E-state index in [-0.39, 0.29) is 11.8 Å². The molecule has 0 fully saturated rings. The predicted molar refractivity (Wildman–Crippen MR) is 83.0 cm³/mol. The van der Waals surface area contributed by atoms with Gasteiger partial charge < -0.3 is 16.4 Å². The van der Waals surface area contributed by atoms with Gasteiger partial charge in [-0.05, 0) is 42.0 Å². The van der Waals surface area contributed by atoms with Gasteiger partial charge in [-0.25, -0.2) is 0 Å². The first-order valence-corrected chi connectivity index (χ1v) is 6.56. The molecule has 2 aromatic rings. The van der Waals surface area contributed by atoms with Crippen LogP contribution in [-0.2, 0) is 11.3 Å². The molecule has 5 heteroatoms. The van der Waals surface area contributed by atoms with Gasteiger partial charge in [0.05, 0.1) is 0 Å². The highest BCUT2D eigenvalue weighted by Gasteiger charge is 2.06. The van der Waals surface area contributed by atoms with Crippen molar-refractivity contribution >= 4 is 23.2 Å². The molecule has 0 saturated carbocycles. The molecule has 0 heterocycles. The highest BCUT2D eigenvalue weighted by atomic mass is 16.2. The van der Waals surface area contributed by atoms with Crippen LogP contribution in [0.1, 0.15) is 22.8 Å². The largest absolute Gasteiger partial charge is 0.326 e. The second-order valence-corrected chi connectivity index (χ2v) is 4.62. The molecule has 0 bridgehead atoms. The Morgan fingerprint density at radius 2 is 1.62 bits per heavy atom. The minimum absolute atomic E-state index is 0.134. The van der Waals surface area contributed by atoms with Gasteiger partial charge in [0.1, 0.15) is 0 Å². The van der Waals surface area contributed by atoms with Crippen LogP contribution in [0.3, 0.4) is 0 Å². The maximum absolute atomic E-state index is 12.1. The fourth-order valence-corrected chi connectivity index (χ4v) is 1.88. The van der Waals surface area contributed by atoms with Crippen LogP contribution in [0.4, 0.5) is 11.4 Å². The van der Waals surface area contributed by atoms with Gasteiger partial charge in [-0.1, -0.05) is 12.1 Å². The number of anilines is 2. The van der Waals surface area contributed by atoms with E-state index in [1.165, 1.54) is 6.92 Å². The Morgan fingerprint density at radius 1 is 1.00 bits per heavy atom. The molecule has 0 saturated heterocycles. The summed E-state index contributed by atoms with van der Waals surface area (Å²) in [6.45, 7) is 1.84. The van der Waals surface area contributed by atoms with Gasteiger partial charge in [-0.3, -0.25) is 9.59 Å². The first kappa shape index (κ1) is 14.7. The molecule has 0 aromatic heterocycles. The third kappa shape index (κ3) is 4.15. The predicted octanol–water partition coefficient (Wildman–Crippen LogP) is 2.36. The summed E-state index contributed by atoms with van der Waals surface area (Å²) in [5.41, 5.74) is 8.37. The molecule has 2 amide bonds. The van der Waals surface area contributed by atoms with E-state index in [9.17, 15) is 9.59 Å². The van der Waals surface area contributed by atoms with Crippen molar-refractivity contribution in [2.75, 3.05) is 10.6 Å². The molecule has 4 N–H and O–H groups in total. The van der Waals surface area contributed by atoms with Gasteiger partial charge >= 0.3 is 0 Å². The van der Waals surface area contributed by atoms with E-state index in [1.54, 1.807) is 42.5 Å². The van der Waals surface area contributed by atoms with Crippen LogP contribution in [0, 0.1) is 0 Å². The summed E-state index contributed by atoms with van der Waals surface area (Å²) < 4.78 is 0. The number of amides is 2. The smallest absolute Gasteiger partial charge is 0.255 e. The number of benzene rings is 2. The van der Waals surface area contributed by atoms with Crippen molar-refractivity contribution in [2.45, 2.75) is 13.5 Å². The maximum atomic E-state index is 12.1. The standard InChI is InChI=1S/C16H17N3O2/c1-11(20)18-14-5-7-15(8-6-14)19-16(21)13-4-2-3-12(9-13)10-17/h2-9H,10,17H2,1H3,(H,18,20)(H,19,21). The van der Waals surface area contributed by atoms with Crippen LogP contribution in [0.25, 0.3) is 0 Å². The van der Waals surface area contributed by atoms with Crippen LogP contribution in [0.15, 0.2) is 48.5 Å². The normalized spacial score (nSPS) is 10.0. The highest BCUT2D eigenvalue weighted by Crippen LogP contribution is 2.15. The van der Waals surface area contributed by atoms with Gasteiger partial charge in [-0.2, -0.15) is 0 Å². The van der Waals surface area contributed by atoms with Crippen LogP contribution < -0.4 is 16.4 Å². The summed E-state index contributed by atoms with van der Waals surface area (Å²) in [6.07, 6.45) is 0. The summed E-state index contributed by atoms with van der Waals surface area (Å²) in [7, 11) is 0. The van der Waals surface area contributed by atoms with E-state index >= 15 is 0 Å². The van der Waals surface area contributed by atoms with Gasteiger partial charge in [0.15, 0.2) is 0 Å². The van der Waals surface area contributed by atoms with Gasteiger partial charge in [0.2, 0.25) is 5.91 Å². The summed E-state index contributed by atoms with van der Waals surface area (Å²) >= 11 is 0. The molecule has 0 unspecified atom stereocenters. The topological polar surface area (TPSA) is 84.2 Å². The van der Waals surface area contributed by atoms with Crippen molar-refractivity contribution < 1.29 is 9.59 Å². The molecule has 0 aliphatic rings. The van der Waals surface area contributed by atoms with E-state index in [2.05, 4.69) is 10.6 Å². The van der Waals surface area contributed by atoms with E-state index in [1.807, 2.05) is 6.07 Å². The molecule has 2 aromatic carbocycles. The van der Waals surface area contributed by atoms with E-state index in [4.69, 9.17) is 5.73 Å². The second kappa shape index (κ2) is 6.67. The number of rotatable bonds is 4. The number of nitrogens with one attached hydrogen (secondary N) is 2. The monoisotopic (exact) mass is 283 g/mol. The van der Waals surface area contributed by atoms with Crippen molar-refractivity contribution in [3.8, 4) is 0 Å². The van der Waals surface area contributed by atoms with Crippen molar-refractivity contribution in [3.63, 3.8) is 0 Å². The fourth-order valence-electron chi connectivity index (χ4n) is 1.88. The minimum Gasteiger partial charge on any atom is -0.326 e. The van der Waals surface area contributed by atoms with Crippen molar-refractivity contribution in [2.24, 2.45) is 5.73 Å². The number of carbonyl (C=O) groups is 2. The lowest BCUT2D eigenvalue weighted by Crippen LogP contribution is -2.12. The molecule has 108 valence electrons. The summed E-state index contributed by atoms with van der Waals surface area (Å²) in [4.78, 5) is 23.1. The van der Waals surface area contributed by atoms with Crippen LogP contribution in [-0.4, -0.2) is 11.8 Å². The number of nitrogens with two attached hydrogens (primary N) is 1. The molecule has 0 radical (unpaired) electrons. The zero-order chi connectivity index (χ0) is 15.2. The molecule has 0 aliphatic carbocycles. The molecular formula is C16H17N3O2. The van der Waals surface area contributed by atoms with Crippen LogP contribution >= 0.6 is 0 Å². The maximum Gasteiger partial charge on any atom is 0.255 e. The molecule has 0 spiro atoms. The lowest BCUT2D eigenvalue weighted by molar-refractivity contribution is -0.114. The molecule has 0 atom stereocenters. The van der Waals surface area contributed by atoms with Crippen LogP contribution in [0.5, 0.6) is 0 Å². The fraction of sp³-hybridized carbons (Fsp3) is 0.125. The average molecular weight is 283 g/mol.